The maximum atomic E-state index is 13.3. The van der Waals surface area contributed by atoms with Gasteiger partial charge in [-0.15, -0.1) is 6.58 Å². The molecule has 2 aromatic carbocycles. The molecule has 4 rings (SSSR count). The number of anilines is 1. The van der Waals surface area contributed by atoms with Crippen molar-refractivity contribution in [3.8, 4) is 5.88 Å². The van der Waals surface area contributed by atoms with Gasteiger partial charge in [-0.2, -0.15) is 0 Å². The summed E-state index contributed by atoms with van der Waals surface area (Å²) in [5.74, 6) is -0.484. The minimum absolute atomic E-state index is 0.158. The SMILES string of the molecule is C=CCn1c(C)c(C)c2cc(C(=O)Nc3cccc(Cl)c3Cl)nc(OCc3ccc(F)cc3)c21. The second-order valence-electron chi connectivity index (χ2n) is 7.79. The zero-order valence-corrected chi connectivity index (χ0v) is 20.2. The minimum atomic E-state index is -0.453. The molecule has 2 heterocycles. The van der Waals surface area contributed by atoms with Crippen molar-refractivity contribution in [1.29, 1.82) is 0 Å². The van der Waals surface area contributed by atoms with Gasteiger partial charge in [-0.1, -0.05) is 47.5 Å². The summed E-state index contributed by atoms with van der Waals surface area (Å²) in [5, 5.41) is 4.18. The zero-order chi connectivity index (χ0) is 24.4. The average Bonchev–Trinajstić information content (AvgIpc) is 3.06. The van der Waals surface area contributed by atoms with Crippen molar-refractivity contribution in [3.05, 3.63) is 99.6 Å². The van der Waals surface area contributed by atoms with Crippen molar-refractivity contribution in [3.63, 3.8) is 0 Å². The molecule has 0 atom stereocenters. The van der Waals surface area contributed by atoms with Crippen molar-refractivity contribution in [1.82, 2.24) is 9.55 Å². The molecule has 8 heteroatoms. The van der Waals surface area contributed by atoms with Crippen LogP contribution in [0.1, 0.15) is 27.3 Å². The third-order valence-corrected chi connectivity index (χ3v) is 6.43. The molecule has 174 valence electrons. The van der Waals surface area contributed by atoms with Crippen LogP contribution in [0.25, 0.3) is 10.9 Å². The van der Waals surface area contributed by atoms with Gasteiger partial charge in [-0.05, 0) is 55.3 Å². The first-order valence-corrected chi connectivity index (χ1v) is 11.3. The topological polar surface area (TPSA) is 56.2 Å². The van der Waals surface area contributed by atoms with Crippen LogP contribution in [0, 0.1) is 19.7 Å². The first kappa shape index (κ1) is 23.8. The van der Waals surface area contributed by atoms with E-state index in [1.54, 1.807) is 42.5 Å². The van der Waals surface area contributed by atoms with Crippen LogP contribution in [0.3, 0.4) is 0 Å². The standard InChI is InChI=1S/C26H22Cl2FN3O2/c1-4-12-32-16(3)15(2)19-13-22(25(33)30-21-7-5-6-20(27)23(21)28)31-26(24(19)32)34-14-17-8-10-18(29)11-9-17/h4-11,13H,1,12,14H2,2-3H3,(H,30,33). The number of pyridine rings is 1. The molecule has 0 spiro atoms. The van der Waals surface area contributed by atoms with Crippen LogP contribution >= 0.6 is 23.2 Å². The normalized spacial score (nSPS) is 11.0. The van der Waals surface area contributed by atoms with Gasteiger partial charge >= 0.3 is 0 Å². The Bertz CT molecular complexity index is 1400. The van der Waals surface area contributed by atoms with Crippen LogP contribution in [0.15, 0.2) is 61.2 Å². The highest BCUT2D eigenvalue weighted by Crippen LogP contribution is 2.34. The van der Waals surface area contributed by atoms with E-state index in [2.05, 4.69) is 16.9 Å². The third-order valence-electron chi connectivity index (χ3n) is 5.62. The van der Waals surface area contributed by atoms with Crippen LogP contribution < -0.4 is 10.1 Å². The lowest BCUT2D eigenvalue weighted by Gasteiger charge is -2.13. The van der Waals surface area contributed by atoms with Crippen LogP contribution in [0.2, 0.25) is 10.0 Å². The molecule has 1 N–H and O–H groups in total. The summed E-state index contributed by atoms with van der Waals surface area (Å²) in [6.45, 7) is 8.53. The van der Waals surface area contributed by atoms with Crippen molar-refractivity contribution in [2.24, 2.45) is 0 Å². The molecule has 5 nitrogen and oxygen atoms in total. The monoisotopic (exact) mass is 497 g/mol. The first-order valence-electron chi connectivity index (χ1n) is 10.5. The van der Waals surface area contributed by atoms with E-state index >= 15 is 0 Å². The second-order valence-corrected chi connectivity index (χ2v) is 8.57. The number of carbonyl (C=O) groups excluding carboxylic acids is 1. The van der Waals surface area contributed by atoms with Crippen molar-refractivity contribution < 1.29 is 13.9 Å². The highest BCUT2D eigenvalue weighted by atomic mass is 35.5. The Balaban J connectivity index is 1.77. The molecule has 0 unspecified atom stereocenters. The molecular formula is C26H22Cl2FN3O2. The quantitative estimate of drug-likeness (QED) is 0.276. The van der Waals surface area contributed by atoms with Crippen LogP contribution in [-0.4, -0.2) is 15.5 Å². The molecule has 0 bridgehead atoms. The largest absolute Gasteiger partial charge is 0.471 e. The van der Waals surface area contributed by atoms with Crippen molar-refractivity contribution in [2.45, 2.75) is 27.0 Å². The number of rotatable bonds is 7. The lowest BCUT2D eigenvalue weighted by Crippen LogP contribution is -2.15. The van der Waals surface area contributed by atoms with Gasteiger partial charge in [0.25, 0.3) is 5.91 Å². The number of amides is 1. The maximum absolute atomic E-state index is 13.3. The van der Waals surface area contributed by atoms with E-state index in [1.807, 2.05) is 18.4 Å². The summed E-state index contributed by atoms with van der Waals surface area (Å²) < 4.78 is 21.4. The Morgan fingerprint density at radius 1 is 1.21 bits per heavy atom. The van der Waals surface area contributed by atoms with E-state index in [4.69, 9.17) is 27.9 Å². The van der Waals surface area contributed by atoms with E-state index in [0.29, 0.717) is 23.1 Å². The maximum Gasteiger partial charge on any atom is 0.274 e. The Hall–Kier alpha value is -3.35. The van der Waals surface area contributed by atoms with Crippen LogP contribution in [0.4, 0.5) is 10.1 Å². The first-order chi connectivity index (χ1) is 16.3. The second kappa shape index (κ2) is 9.87. The predicted molar refractivity (Wildman–Crippen MR) is 135 cm³/mol. The Labute approximate surface area is 206 Å². The molecule has 2 aromatic heterocycles. The van der Waals surface area contributed by atoms with Crippen LogP contribution in [0.5, 0.6) is 5.88 Å². The van der Waals surface area contributed by atoms with Gasteiger partial charge in [0.05, 0.1) is 15.7 Å². The summed E-state index contributed by atoms with van der Waals surface area (Å²) in [5.41, 5.74) is 4.09. The molecule has 1 amide bonds. The number of aryl methyl sites for hydroxylation is 1. The third kappa shape index (κ3) is 4.65. The number of fused-ring (bicyclic) bond motifs is 1. The highest BCUT2D eigenvalue weighted by Gasteiger charge is 2.21. The van der Waals surface area contributed by atoms with Gasteiger partial charge in [0.2, 0.25) is 5.88 Å². The number of halogens is 3. The molecule has 0 aliphatic rings. The number of ether oxygens (including phenoxy) is 1. The Morgan fingerprint density at radius 2 is 1.94 bits per heavy atom. The number of nitrogens with zero attached hydrogens (tertiary/aromatic N) is 2. The fourth-order valence-electron chi connectivity index (χ4n) is 3.72. The van der Waals surface area contributed by atoms with Gasteiger partial charge in [-0.3, -0.25) is 4.79 Å². The van der Waals surface area contributed by atoms with E-state index in [-0.39, 0.29) is 23.1 Å². The van der Waals surface area contributed by atoms with Gasteiger partial charge in [0.1, 0.15) is 23.6 Å². The predicted octanol–water partition coefficient (Wildman–Crippen LogP) is 7.12. The van der Waals surface area contributed by atoms with Crippen molar-refractivity contribution >= 4 is 45.7 Å². The fourth-order valence-corrected chi connectivity index (χ4v) is 4.07. The molecule has 4 aromatic rings. The molecule has 0 saturated heterocycles. The lowest BCUT2D eigenvalue weighted by molar-refractivity contribution is 0.102. The highest BCUT2D eigenvalue weighted by molar-refractivity contribution is 6.44. The number of hydrogen-bond acceptors (Lipinski definition) is 3. The minimum Gasteiger partial charge on any atom is -0.471 e. The van der Waals surface area contributed by atoms with Gasteiger partial charge < -0.3 is 14.6 Å². The lowest BCUT2D eigenvalue weighted by atomic mass is 10.1. The van der Waals surface area contributed by atoms with Gasteiger partial charge in [-0.25, -0.2) is 9.37 Å². The van der Waals surface area contributed by atoms with Crippen LogP contribution in [-0.2, 0) is 13.2 Å². The van der Waals surface area contributed by atoms with E-state index in [9.17, 15) is 9.18 Å². The summed E-state index contributed by atoms with van der Waals surface area (Å²) >= 11 is 12.3. The molecule has 0 aliphatic heterocycles. The number of carbonyl (C=O) groups is 1. The number of benzene rings is 2. The molecule has 0 saturated carbocycles. The molecule has 0 radical (unpaired) electrons. The molecular weight excluding hydrogens is 476 g/mol. The smallest absolute Gasteiger partial charge is 0.274 e. The van der Waals surface area contributed by atoms with E-state index < -0.39 is 5.91 Å². The summed E-state index contributed by atoms with van der Waals surface area (Å²) in [7, 11) is 0. The fraction of sp³-hybridized carbons (Fsp3) is 0.154. The molecule has 34 heavy (non-hydrogen) atoms. The summed E-state index contributed by atoms with van der Waals surface area (Å²) in [6.07, 6.45) is 1.79. The zero-order valence-electron chi connectivity index (χ0n) is 18.7. The molecule has 0 fully saturated rings. The van der Waals surface area contributed by atoms with Crippen molar-refractivity contribution in [2.75, 3.05) is 5.32 Å². The van der Waals surface area contributed by atoms with Gasteiger partial charge in [0.15, 0.2) is 0 Å². The molecule has 0 aliphatic carbocycles. The summed E-state index contributed by atoms with van der Waals surface area (Å²) in [6, 6.07) is 12.7. The summed E-state index contributed by atoms with van der Waals surface area (Å²) in [4.78, 5) is 17.7. The Morgan fingerprint density at radius 3 is 2.65 bits per heavy atom. The number of aromatic nitrogens is 2. The Kier molecular flexibility index (Phi) is 6.91. The number of hydrogen-bond donors (Lipinski definition) is 1. The average molecular weight is 498 g/mol. The number of nitrogens with one attached hydrogen (secondary N) is 1. The number of allylic oxidation sites excluding steroid dienone is 1. The van der Waals surface area contributed by atoms with E-state index in [0.717, 1.165) is 27.7 Å². The van der Waals surface area contributed by atoms with Gasteiger partial charge in [0, 0.05) is 17.6 Å². The van der Waals surface area contributed by atoms with E-state index in [1.165, 1.54) is 12.1 Å².